The first-order valence-electron chi connectivity index (χ1n) is 8.68. The van der Waals surface area contributed by atoms with E-state index in [1.807, 2.05) is 61.5 Å². The number of amides is 1. The first-order valence-corrected chi connectivity index (χ1v) is 8.68. The first-order chi connectivity index (χ1) is 12.7. The highest BCUT2D eigenvalue weighted by atomic mass is 16.5. The summed E-state index contributed by atoms with van der Waals surface area (Å²) in [5.41, 5.74) is 2.10. The standard InChI is InChI=1S/C20H26N4O2/c1-3-26-18-12-8-7-11-17(18)14-23-20(21-2)24-15-19(25)22-13-16-9-5-4-6-10-16/h4-12H,3,13-15H2,1-2H3,(H,22,25)(H2,21,23,24). The summed E-state index contributed by atoms with van der Waals surface area (Å²) in [6.07, 6.45) is 0. The van der Waals surface area contributed by atoms with Gasteiger partial charge in [-0.2, -0.15) is 0 Å². The molecule has 0 radical (unpaired) electrons. The number of benzene rings is 2. The van der Waals surface area contributed by atoms with E-state index in [-0.39, 0.29) is 12.5 Å². The van der Waals surface area contributed by atoms with Gasteiger partial charge in [0.25, 0.3) is 0 Å². The van der Waals surface area contributed by atoms with E-state index in [9.17, 15) is 4.79 Å². The molecule has 0 aliphatic carbocycles. The van der Waals surface area contributed by atoms with Crippen molar-refractivity contribution in [3.05, 3.63) is 65.7 Å². The van der Waals surface area contributed by atoms with Gasteiger partial charge in [-0.15, -0.1) is 0 Å². The molecule has 0 saturated heterocycles. The molecular formula is C20H26N4O2. The minimum atomic E-state index is -0.0912. The lowest BCUT2D eigenvalue weighted by Gasteiger charge is -2.14. The summed E-state index contributed by atoms with van der Waals surface area (Å²) >= 11 is 0. The molecule has 1 amide bonds. The number of rotatable bonds is 8. The number of para-hydroxylation sites is 1. The molecule has 3 N–H and O–H groups in total. The number of aliphatic imine (C=N–C) groups is 1. The molecule has 0 heterocycles. The van der Waals surface area contributed by atoms with Crippen molar-refractivity contribution < 1.29 is 9.53 Å². The lowest BCUT2D eigenvalue weighted by atomic mass is 10.2. The Bertz CT molecular complexity index is 717. The van der Waals surface area contributed by atoms with E-state index in [1.54, 1.807) is 7.05 Å². The second-order valence-electron chi connectivity index (χ2n) is 5.58. The number of guanidine groups is 1. The van der Waals surface area contributed by atoms with E-state index in [4.69, 9.17) is 4.74 Å². The molecule has 0 aliphatic rings. The summed E-state index contributed by atoms with van der Waals surface area (Å²) < 4.78 is 5.61. The molecule has 2 aromatic rings. The molecule has 0 unspecified atom stereocenters. The van der Waals surface area contributed by atoms with Crippen LogP contribution in [0.1, 0.15) is 18.1 Å². The van der Waals surface area contributed by atoms with Gasteiger partial charge in [-0.1, -0.05) is 48.5 Å². The van der Waals surface area contributed by atoms with Crippen LogP contribution in [0.4, 0.5) is 0 Å². The fourth-order valence-electron chi connectivity index (χ4n) is 2.37. The Morgan fingerprint density at radius 2 is 1.69 bits per heavy atom. The molecule has 6 heteroatoms. The normalized spacial score (nSPS) is 10.9. The largest absolute Gasteiger partial charge is 0.494 e. The maximum absolute atomic E-state index is 12.0. The Kier molecular flexibility index (Phi) is 7.99. The molecule has 0 saturated carbocycles. The lowest BCUT2D eigenvalue weighted by Crippen LogP contribution is -2.42. The van der Waals surface area contributed by atoms with Crippen LogP contribution in [-0.2, 0) is 17.9 Å². The number of nitrogens with zero attached hydrogens (tertiary/aromatic N) is 1. The molecule has 2 rings (SSSR count). The topological polar surface area (TPSA) is 74.8 Å². The monoisotopic (exact) mass is 354 g/mol. The van der Waals surface area contributed by atoms with Crippen LogP contribution in [0, 0.1) is 0 Å². The Balaban J connectivity index is 1.76. The Morgan fingerprint density at radius 1 is 0.962 bits per heavy atom. The zero-order valence-corrected chi connectivity index (χ0v) is 15.3. The van der Waals surface area contributed by atoms with Gasteiger partial charge in [0.2, 0.25) is 5.91 Å². The van der Waals surface area contributed by atoms with Gasteiger partial charge in [0.1, 0.15) is 5.75 Å². The summed E-state index contributed by atoms with van der Waals surface area (Å²) in [7, 11) is 1.67. The third-order valence-electron chi connectivity index (χ3n) is 3.69. The predicted molar refractivity (Wildman–Crippen MR) is 104 cm³/mol. The summed E-state index contributed by atoms with van der Waals surface area (Å²) in [5, 5.41) is 9.08. The SMILES string of the molecule is CCOc1ccccc1CNC(=NC)NCC(=O)NCc1ccccc1. The van der Waals surface area contributed by atoms with E-state index in [0.29, 0.717) is 25.7 Å². The highest BCUT2D eigenvalue weighted by molar-refractivity contribution is 5.86. The molecule has 0 aliphatic heterocycles. The van der Waals surface area contributed by atoms with Crippen molar-refractivity contribution in [2.24, 2.45) is 4.99 Å². The van der Waals surface area contributed by atoms with Crippen LogP contribution in [-0.4, -0.2) is 32.1 Å². The van der Waals surface area contributed by atoms with Crippen LogP contribution < -0.4 is 20.7 Å². The lowest BCUT2D eigenvalue weighted by molar-refractivity contribution is -0.120. The molecule has 0 bridgehead atoms. The van der Waals surface area contributed by atoms with Crippen LogP contribution in [0.15, 0.2) is 59.6 Å². The first kappa shape index (κ1) is 19.3. The van der Waals surface area contributed by atoms with Crippen molar-refractivity contribution in [3.8, 4) is 5.75 Å². The Hall–Kier alpha value is -3.02. The molecule has 6 nitrogen and oxygen atoms in total. The fourth-order valence-corrected chi connectivity index (χ4v) is 2.37. The Morgan fingerprint density at radius 3 is 2.42 bits per heavy atom. The molecule has 0 fully saturated rings. The predicted octanol–water partition coefficient (Wildman–Crippen LogP) is 2.07. The van der Waals surface area contributed by atoms with Gasteiger partial charge in [0, 0.05) is 25.7 Å². The van der Waals surface area contributed by atoms with E-state index in [0.717, 1.165) is 16.9 Å². The van der Waals surface area contributed by atoms with Gasteiger partial charge in [-0.3, -0.25) is 9.79 Å². The van der Waals surface area contributed by atoms with Crippen molar-refractivity contribution in [2.45, 2.75) is 20.0 Å². The average Bonchev–Trinajstić information content (AvgIpc) is 2.68. The van der Waals surface area contributed by atoms with E-state index in [2.05, 4.69) is 20.9 Å². The molecule has 138 valence electrons. The second kappa shape index (κ2) is 10.8. The zero-order chi connectivity index (χ0) is 18.6. The maximum atomic E-state index is 12.0. The number of hydrogen-bond acceptors (Lipinski definition) is 3. The molecular weight excluding hydrogens is 328 g/mol. The van der Waals surface area contributed by atoms with E-state index in [1.165, 1.54) is 0 Å². The van der Waals surface area contributed by atoms with Crippen LogP contribution in [0.2, 0.25) is 0 Å². The average molecular weight is 354 g/mol. The van der Waals surface area contributed by atoms with Gasteiger partial charge < -0.3 is 20.7 Å². The van der Waals surface area contributed by atoms with E-state index < -0.39 is 0 Å². The van der Waals surface area contributed by atoms with Gasteiger partial charge in [-0.05, 0) is 18.6 Å². The summed E-state index contributed by atoms with van der Waals surface area (Å²) in [6, 6.07) is 17.6. The Labute approximate surface area is 154 Å². The van der Waals surface area contributed by atoms with Gasteiger partial charge in [-0.25, -0.2) is 0 Å². The van der Waals surface area contributed by atoms with E-state index >= 15 is 0 Å². The van der Waals surface area contributed by atoms with Crippen molar-refractivity contribution in [1.29, 1.82) is 0 Å². The highest BCUT2D eigenvalue weighted by Crippen LogP contribution is 2.17. The summed E-state index contributed by atoms with van der Waals surface area (Å²) in [5.74, 6) is 1.32. The van der Waals surface area contributed by atoms with Crippen molar-refractivity contribution in [1.82, 2.24) is 16.0 Å². The van der Waals surface area contributed by atoms with Gasteiger partial charge >= 0.3 is 0 Å². The number of hydrogen-bond donors (Lipinski definition) is 3. The van der Waals surface area contributed by atoms with Crippen molar-refractivity contribution in [3.63, 3.8) is 0 Å². The quantitative estimate of drug-likeness (QED) is 0.501. The number of carbonyl (C=O) groups excluding carboxylic acids is 1. The minimum absolute atomic E-state index is 0.0912. The molecule has 0 aromatic heterocycles. The fraction of sp³-hybridized carbons (Fsp3) is 0.300. The second-order valence-corrected chi connectivity index (χ2v) is 5.58. The van der Waals surface area contributed by atoms with Gasteiger partial charge in [0.05, 0.1) is 13.2 Å². The molecule has 26 heavy (non-hydrogen) atoms. The van der Waals surface area contributed by atoms with Crippen LogP contribution >= 0.6 is 0 Å². The van der Waals surface area contributed by atoms with Crippen LogP contribution in [0.25, 0.3) is 0 Å². The molecule has 2 aromatic carbocycles. The summed E-state index contributed by atoms with van der Waals surface area (Å²) in [6.45, 7) is 3.79. The van der Waals surface area contributed by atoms with Crippen molar-refractivity contribution >= 4 is 11.9 Å². The van der Waals surface area contributed by atoms with Gasteiger partial charge in [0.15, 0.2) is 5.96 Å². The third-order valence-corrected chi connectivity index (χ3v) is 3.69. The van der Waals surface area contributed by atoms with Crippen LogP contribution in [0.5, 0.6) is 5.75 Å². The number of nitrogens with one attached hydrogen (secondary N) is 3. The number of ether oxygens (including phenoxy) is 1. The zero-order valence-electron chi connectivity index (χ0n) is 15.3. The number of carbonyl (C=O) groups is 1. The van der Waals surface area contributed by atoms with Crippen LogP contribution in [0.3, 0.4) is 0 Å². The minimum Gasteiger partial charge on any atom is -0.494 e. The summed E-state index contributed by atoms with van der Waals surface area (Å²) in [4.78, 5) is 16.1. The highest BCUT2D eigenvalue weighted by Gasteiger charge is 2.06. The van der Waals surface area contributed by atoms with Crippen molar-refractivity contribution in [2.75, 3.05) is 20.2 Å². The third kappa shape index (κ3) is 6.47. The molecule has 0 spiro atoms. The maximum Gasteiger partial charge on any atom is 0.239 e. The smallest absolute Gasteiger partial charge is 0.239 e. The molecule has 0 atom stereocenters.